The van der Waals surface area contributed by atoms with Crippen LogP contribution >= 0.6 is 22.9 Å². The van der Waals surface area contributed by atoms with Crippen LogP contribution in [0.5, 0.6) is 0 Å². The number of halogens is 2. The monoisotopic (exact) mass is 404 g/mol. The highest BCUT2D eigenvalue weighted by molar-refractivity contribution is 7.16. The Balaban J connectivity index is 1.53. The summed E-state index contributed by atoms with van der Waals surface area (Å²) in [4.78, 5) is 24.8. The van der Waals surface area contributed by atoms with Crippen LogP contribution in [0.3, 0.4) is 0 Å². The van der Waals surface area contributed by atoms with E-state index in [1.807, 2.05) is 0 Å². The van der Waals surface area contributed by atoms with Gasteiger partial charge in [0.1, 0.15) is 16.9 Å². The Morgan fingerprint density at radius 3 is 2.96 bits per heavy atom. The summed E-state index contributed by atoms with van der Waals surface area (Å²) in [5.41, 5.74) is 2.03. The first-order chi connectivity index (χ1) is 13.0. The summed E-state index contributed by atoms with van der Waals surface area (Å²) in [6, 6.07) is 6.14. The normalized spacial score (nSPS) is 12.6. The molecule has 5 nitrogen and oxygen atoms in total. The number of aryl methyl sites for hydroxylation is 1. The van der Waals surface area contributed by atoms with Crippen molar-refractivity contribution in [3.05, 3.63) is 56.7 Å². The smallest absolute Gasteiger partial charge is 0.331 e. The summed E-state index contributed by atoms with van der Waals surface area (Å²) in [6.07, 6.45) is 5.31. The molecule has 1 heterocycles. The van der Waals surface area contributed by atoms with Gasteiger partial charge in [-0.15, -0.1) is 11.3 Å². The van der Waals surface area contributed by atoms with Crippen LogP contribution < -0.4 is 5.32 Å². The fraction of sp³-hybridized carbons (Fsp3) is 0.211. The van der Waals surface area contributed by atoms with Crippen molar-refractivity contribution in [2.75, 3.05) is 11.9 Å². The summed E-state index contributed by atoms with van der Waals surface area (Å²) >= 11 is 7.05. The van der Waals surface area contributed by atoms with Crippen LogP contribution in [0, 0.1) is 17.1 Å². The Bertz CT molecular complexity index is 978. The lowest BCUT2D eigenvalue weighted by molar-refractivity contribution is -0.142. The van der Waals surface area contributed by atoms with Crippen molar-refractivity contribution in [3.63, 3.8) is 0 Å². The van der Waals surface area contributed by atoms with Gasteiger partial charge in [0.05, 0.1) is 10.6 Å². The van der Waals surface area contributed by atoms with Crippen LogP contribution in [-0.4, -0.2) is 18.5 Å². The van der Waals surface area contributed by atoms with E-state index in [4.69, 9.17) is 16.3 Å². The molecule has 0 saturated heterocycles. The van der Waals surface area contributed by atoms with Crippen molar-refractivity contribution in [3.8, 4) is 6.07 Å². The molecular formula is C19H14ClFN2O3S. The molecule has 0 radical (unpaired) electrons. The summed E-state index contributed by atoms with van der Waals surface area (Å²) in [5, 5.41) is 12.4. The van der Waals surface area contributed by atoms with E-state index in [1.165, 1.54) is 35.6 Å². The number of esters is 1. The summed E-state index contributed by atoms with van der Waals surface area (Å²) in [5.74, 6) is -1.79. The zero-order valence-corrected chi connectivity index (χ0v) is 15.6. The minimum absolute atomic E-state index is 0.0546. The van der Waals surface area contributed by atoms with Crippen molar-refractivity contribution in [1.82, 2.24) is 0 Å². The number of hydrogen-bond donors (Lipinski definition) is 1. The number of nitrogens with one attached hydrogen (secondary N) is 1. The minimum Gasteiger partial charge on any atom is -0.452 e. The van der Waals surface area contributed by atoms with Gasteiger partial charge in [-0.2, -0.15) is 5.26 Å². The highest BCUT2D eigenvalue weighted by Gasteiger charge is 2.23. The highest BCUT2D eigenvalue weighted by atomic mass is 35.5. The summed E-state index contributed by atoms with van der Waals surface area (Å²) in [7, 11) is 0. The van der Waals surface area contributed by atoms with E-state index in [9.17, 15) is 19.2 Å². The maximum absolute atomic E-state index is 13.1. The van der Waals surface area contributed by atoms with Gasteiger partial charge < -0.3 is 10.1 Å². The Morgan fingerprint density at radius 2 is 2.22 bits per heavy atom. The number of thiophene rings is 1. The number of hydrogen-bond acceptors (Lipinski definition) is 5. The third kappa shape index (κ3) is 4.54. The van der Waals surface area contributed by atoms with Crippen LogP contribution in [0.4, 0.5) is 9.39 Å². The van der Waals surface area contributed by atoms with Crippen LogP contribution in [-0.2, 0) is 27.2 Å². The van der Waals surface area contributed by atoms with Gasteiger partial charge >= 0.3 is 5.97 Å². The molecule has 1 aliphatic rings. The number of ether oxygens (including phenoxy) is 1. The molecule has 0 saturated carbocycles. The molecule has 1 aromatic carbocycles. The zero-order valence-electron chi connectivity index (χ0n) is 14.1. The number of benzene rings is 1. The first kappa shape index (κ1) is 19.1. The van der Waals surface area contributed by atoms with Crippen LogP contribution in [0.1, 0.15) is 28.0 Å². The second kappa shape index (κ2) is 8.33. The molecule has 0 spiro atoms. The fourth-order valence-electron chi connectivity index (χ4n) is 2.74. The topological polar surface area (TPSA) is 79.2 Å². The molecular weight excluding hydrogens is 391 g/mol. The van der Waals surface area contributed by atoms with Gasteiger partial charge in [-0.1, -0.05) is 17.7 Å². The number of amides is 1. The lowest BCUT2D eigenvalue weighted by atomic mass is 10.1. The molecule has 1 N–H and O–H groups in total. The molecule has 1 aromatic heterocycles. The molecule has 1 aliphatic carbocycles. The molecule has 3 rings (SSSR count). The maximum Gasteiger partial charge on any atom is 0.331 e. The number of nitrogens with zero attached hydrogens (tertiary/aromatic N) is 1. The molecule has 0 atom stereocenters. The van der Waals surface area contributed by atoms with Crippen LogP contribution in [0.2, 0.25) is 5.02 Å². The quantitative estimate of drug-likeness (QED) is 0.601. The van der Waals surface area contributed by atoms with E-state index in [-0.39, 0.29) is 5.02 Å². The number of carbonyl (C=O) groups excluding carboxylic acids is 2. The van der Waals surface area contributed by atoms with Gasteiger partial charge in [0.25, 0.3) is 5.91 Å². The van der Waals surface area contributed by atoms with Gasteiger partial charge in [-0.05, 0) is 48.6 Å². The third-order valence-corrected chi connectivity index (χ3v) is 5.48. The maximum atomic E-state index is 13.1. The SMILES string of the molecule is N#Cc1c(NC(=O)COC(=O)/C=C/c2ccc(F)c(Cl)c2)sc2c1CCC2. The van der Waals surface area contributed by atoms with Gasteiger partial charge in [0.2, 0.25) is 0 Å². The van der Waals surface area contributed by atoms with Gasteiger partial charge in [-0.25, -0.2) is 9.18 Å². The average Bonchev–Trinajstić information content (AvgIpc) is 3.21. The summed E-state index contributed by atoms with van der Waals surface area (Å²) in [6.45, 7) is -0.471. The molecule has 0 unspecified atom stereocenters. The second-order valence-corrected chi connectivity index (χ2v) is 7.35. The fourth-order valence-corrected chi connectivity index (χ4v) is 4.18. The number of carbonyl (C=O) groups is 2. The molecule has 8 heteroatoms. The van der Waals surface area contributed by atoms with Crippen molar-refractivity contribution >= 4 is 45.9 Å². The predicted molar refractivity (Wildman–Crippen MR) is 101 cm³/mol. The van der Waals surface area contributed by atoms with Crippen LogP contribution in [0.25, 0.3) is 6.08 Å². The molecule has 27 heavy (non-hydrogen) atoms. The molecule has 0 fully saturated rings. The Kier molecular flexibility index (Phi) is 5.89. The zero-order chi connectivity index (χ0) is 19.4. The largest absolute Gasteiger partial charge is 0.452 e. The van der Waals surface area contributed by atoms with Crippen LogP contribution in [0.15, 0.2) is 24.3 Å². The van der Waals surface area contributed by atoms with Crippen molar-refractivity contribution < 1.29 is 18.7 Å². The predicted octanol–water partition coefficient (Wildman–Crippen LogP) is 4.10. The van der Waals surface area contributed by atoms with E-state index in [2.05, 4.69) is 11.4 Å². The van der Waals surface area contributed by atoms with Gasteiger partial charge in [0, 0.05) is 11.0 Å². The Labute approximate surface area is 164 Å². The lowest BCUT2D eigenvalue weighted by Crippen LogP contribution is -2.20. The third-order valence-electron chi connectivity index (χ3n) is 3.99. The van der Waals surface area contributed by atoms with E-state index >= 15 is 0 Å². The Morgan fingerprint density at radius 1 is 1.41 bits per heavy atom. The first-order valence-corrected chi connectivity index (χ1v) is 9.31. The van der Waals surface area contributed by atoms with Crippen molar-refractivity contribution in [1.29, 1.82) is 5.26 Å². The number of fused-ring (bicyclic) bond motifs is 1. The van der Waals surface area contributed by atoms with E-state index < -0.39 is 24.3 Å². The van der Waals surface area contributed by atoms with Crippen molar-refractivity contribution in [2.45, 2.75) is 19.3 Å². The number of anilines is 1. The first-order valence-electron chi connectivity index (χ1n) is 8.12. The molecule has 1 amide bonds. The van der Waals surface area contributed by atoms with E-state index in [0.29, 0.717) is 16.1 Å². The van der Waals surface area contributed by atoms with E-state index in [0.717, 1.165) is 35.8 Å². The highest BCUT2D eigenvalue weighted by Crippen LogP contribution is 2.38. The lowest BCUT2D eigenvalue weighted by Gasteiger charge is -2.04. The minimum atomic E-state index is -0.722. The number of nitriles is 1. The second-order valence-electron chi connectivity index (χ2n) is 5.84. The van der Waals surface area contributed by atoms with Gasteiger partial charge in [-0.3, -0.25) is 4.79 Å². The molecule has 0 bridgehead atoms. The molecule has 0 aliphatic heterocycles. The van der Waals surface area contributed by atoms with Crippen molar-refractivity contribution in [2.24, 2.45) is 0 Å². The molecule has 138 valence electrons. The Hall–Kier alpha value is -2.69. The average molecular weight is 405 g/mol. The summed E-state index contributed by atoms with van der Waals surface area (Å²) < 4.78 is 18.0. The van der Waals surface area contributed by atoms with Gasteiger partial charge in [0.15, 0.2) is 6.61 Å². The standard InChI is InChI=1S/C19H14ClFN2O3S/c20-14-8-11(4-6-15(14)21)5-7-18(25)26-10-17(24)23-19-13(9-22)12-2-1-3-16(12)27-19/h4-8H,1-3,10H2,(H,23,24)/b7-5+. The number of rotatable bonds is 5. The van der Waals surface area contributed by atoms with E-state index in [1.54, 1.807) is 0 Å². The molecule has 2 aromatic rings.